The van der Waals surface area contributed by atoms with E-state index in [1.807, 2.05) is 19.1 Å². The third-order valence-electron chi connectivity index (χ3n) is 5.18. The zero-order valence-corrected chi connectivity index (χ0v) is 16.9. The van der Waals surface area contributed by atoms with Crippen LogP contribution >= 0.6 is 0 Å². The second-order valence-corrected chi connectivity index (χ2v) is 9.15. The molecule has 1 fully saturated rings. The smallest absolute Gasteiger partial charge is 0.303 e. The molecular weight excluding hydrogens is 362 g/mol. The van der Waals surface area contributed by atoms with Crippen molar-refractivity contribution in [1.29, 1.82) is 0 Å². The molecule has 1 aliphatic carbocycles. The average molecular weight is 390 g/mol. The highest BCUT2D eigenvalue weighted by atomic mass is 32.2. The van der Waals surface area contributed by atoms with Crippen LogP contribution in [0.2, 0.25) is 0 Å². The van der Waals surface area contributed by atoms with Gasteiger partial charge in [-0.05, 0) is 49.5 Å². The summed E-state index contributed by atoms with van der Waals surface area (Å²) in [5, 5.41) is 1.11. The van der Waals surface area contributed by atoms with Crippen molar-refractivity contribution >= 4 is 33.1 Å². The molecule has 146 valence electrons. The summed E-state index contributed by atoms with van der Waals surface area (Å²) >= 11 is 0. The van der Waals surface area contributed by atoms with Gasteiger partial charge in [-0.15, -0.1) is 0 Å². The molecule has 0 spiro atoms. The summed E-state index contributed by atoms with van der Waals surface area (Å²) in [6.45, 7) is 1.99. The Labute approximate surface area is 160 Å². The van der Waals surface area contributed by atoms with Gasteiger partial charge in [0.2, 0.25) is 0 Å². The minimum absolute atomic E-state index is 0.316. The predicted octanol–water partition coefficient (Wildman–Crippen LogP) is 3.78. The minimum Gasteiger partial charge on any atom is -0.355 e. The summed E-state index contributed by atoms with van der Waals surface area (Å²) in [4.78, 5) is 15.8. The summed E-state index contributed by atoms with van der Waals surface area (Å²) in [5.74, 6) is -0.112. The maximum atomic E-state index is 12.4. The number of allylic oxidation sites excluding steroid dienone is 1. The monoisotopic (exact) mass is 389 g/mol. The predicted molar refractivity (Wildman–Crippen MR) is 109 cm³/mol. The number of fused-ring (bicyclic) bond motifs is 1. The van der Waals surface area contributed by atoms with Crippen LogP contribution in [0.1, 0.15) is 66.6 Å². The number of carbonyl (C=O) groups excluding carboxylic acids is 1. The molecule has 6 nitrogen and oxygen atoms in total. The first-order valence-electron chi connectivity index (χ1n) is 9.36. The van der Waals surface area contributed by atoms with E-state index >= 15 is 0 Å². The van der Waals surface area contributed by atoms with Crippen molar-refractivity contribution in [1.82, 2.24) is 14.0 Å². The van der Waals surface area contributed by atoms with Gasteiger partial charge in [0.15, 0.2) is 0 Å². The molecule has 0 aliphatic heterocycles. The van der Waals surface area contributed by atoms with E-state index < -0.39 is 16.1 Å². The zero-order chi connectivity index (χ0) is 19.6. The lowest BCUT2D eigenvalue weighted by Crippen LogP contribution is -2.39. The number of carbonyl (C=O) groups is 1. The van der Waals surface area contributed by atoms with Crippen LogP contribution in [0.25, 0.3) is 17.0 Å². The fraction of sp³-hybridized carbons (Fsp3) is 0.450. The number of benzene rings is 1. The van der Waals surface area contributed by atoms with E-state index in [1.165, 1.54) is 51.8 Å². The molecule has 1 heterocycles. The maximum Gasteiger partial charge on any atom is 0.303 e. The first-order chi connectivity index (χ1) is 12.8. The maximum absolute atomic E-state index is 12.4. The van der Waals surface area contributed by atoms with E-state index in [2.05, 4.69) is 15.8 Å². The van der Waals surface area contributed by atoms with E-state index in [0.29, 0.717) is 11.5 Å². The number of amides is 1. The molecule has 0 saturated heterocycles. The molecule has 1 aliphatic rings. The number of hydrogen-bond donors (Lipinski definition) is 2. The van der Waals surface area contributed by atoms with Crippen molar-refractivity contribution < 1.29 is 13.2 Å². The molecule has 2 N–H and O–H groups in total. The standard InChI is InChI=1S/C20H27N3O3S/c1-4-8-17-19(14-9-6-5-7-10-14)16-12-11-15(13-18(16)21-17)20(24)22-27(25,26)23(2)3/h4,8,11-14,21H,5-7,9-10H2,1-3H3,(H,22,24)/b8-4+. The van der Waals surface area contributed by atoms with Crippen LogP contribution in [0.5, 0.6) is 0 Å². The third kappa shape index (κ3) is 4.09. The molecule has 1 aromatic carbocycles. The Bertz CT molecular complexity index is 968. The lowest BCUT2D eigenvalue weighted by atomic mass is 9.82. The zero-order valence-electron chi connectivity index (χ0n) is 16.1. The molecule has 0 unspecified atom stereocenters. The molecule has 0 bridgehead atoms. The minimum atomic E-state index is -3.82. The van der Waals surface area contributed by atoms with Crippen LogP contribution in [0.3, 0.4) is 0 Å². The van der Waals surface area contributed by atoms with Gasteiger partial charge in [0.1, 0.15) is 0 Å². The second kappa shape index (κ2) is 7.86. The highest BCUT2D eigenvalue weighted by molar-refractivity contribution is 7.87. The fourth-order valence-corrected chi connectivity index (χ4v) is 4.31. The van der Waals surface area contributed by atoms with Crippen LogP contribution in [-0.2, 0) is 10.2 Å². The van der Waals surface area contributed by atoms with Gasteiger partial charge in [0.25, 0.3) is 5.91 Å². The fourth-order valence-electron chi connectivity index (χ4n) is 3.78. The summed E-state index contributed by atoms with van der Waals surface area (Å²) in [7, 11) is -1.06. The Morgan fingerprint density at radius 1 is 1.22 bits per heavy atom. The molecule has 27 heavy (non-hydrogen) atoms. The molecule has 1 amide bonds. The Hall–Kier alpha value is -2.12. The van der Waals surface area contributed by atoms with E-state index in [0.717, 1.165) is 20.9 Å². The summed E-state index contributed by atoms with van der Waals surface area (Å²) in [5.41, 5.74) is 3.57. The molecule has 3 rings (SSSR count). The van der Waals surface area contributed by atoms with Crippen LogP contribution in [0.15, 0.2) is 24.3 Å². The summed E-state index contributed by atoms with van der Waals surface area (Å²) in [6, 6.07) is 5.36. The highest BCUT2D eigenvalue weighted by Gasteiger charge is 2.23. The van der Waals surface area contributed by atoms with Crippen LogP contribution in [0, 0.1) is 0 Å². The van der Waals surface area contributed by atoms with E-state index in [-0.39, 0.29) is 0 Å². The topological polar surface area (TPSA) is 82.3 Å². The Morgan fingerprint density at radius 2 is 1.93 bits per heavy atom. The van der Waals surface area contributed by atoms with E-state index in [1.54, 1.807) is 12.1 Å². The largest absolute Gasteiger partial charge is 0.355 e. The van der Waals surface area contributed by atoms with Gasteiger partial charge in [-0.25, -0.2) is 4.72 Å². The molecule has 0 radical (unpaired) electrons. The van der Waals surface area contributed by atoms with Crippen molar-refractivity contribution in [3.63, 3.8) is 0 Å². The number of H-pyrrole nitrogens is 1. The van der Waals surface area contributed by atoms with Gasteiger partial charge in [0, 0.05) is 36.3 Å². The van der Waals surface area contributed by atoms with Crippen LogP contribution < -0.4 is 4.72 Å². The quantitative estimate of drug-likeness (QED) is 0.816. The molecule has 7 heteroatoms. The Kier molecular flexibility index (Phi) is 5.72. The Morgan fingerprint density at radius 3 is 2.56 bits per heavy atom. The summed E-state index contributed by atoms with van der Waals surface area (Å²) < 4.78 is 26.9. The number of nitrogens with zero attached hydrogens (tertiary/aromatic N) is 1. The number of aromatic nitrogens is 1. The normalized spacial score (nSPS) is 16.4. The van der Waals surface area contributed by atoms with Crippen molar-refractivity contribution in [2.45, 2.75) is 44.9 Å². The van der Waals surface area contributed by atoms with Gasteiger partial charge in [-0.2, -0.15) is 12.7 Å². The number of aromatic amines is 1. The van der Waals surface area contributed by atoms with Gasteiger partial charge in [-0.3, -0.25) is 4.79 Å². The number of rotatable bonds is 5. The molecule has 2 aromatic rings. The third-order valence-corrected chi connectivity index (χ3v) is 6.59. The van der Waals surface area contributed by atoms with Crippen molar-refractivity contribution in [2.24, 2.45) is 0 Å². The van der Waals surface area contributed by atoms with Gasteiger partial charge in [0.05, 0.1) is 0 Å². The van der Waals surface area contributed by atoms with Crippen LogP contribution in [-0.4, -0.2) is 37.7 Å². The molecule has 0 atom stereocenters. The van der Waals surface area contributed by atoms with Gasteiger partial charge < -0.3 is 4.98 Å². The lowest BCUT2D eigenvalue weighted by molar-refractivity contribution is 0.0980. The average Bonchev–Trinajstić information content (AvgIpc) is 2.99. The Balaban J connectivity index is 1.99. The molecule has 1 aromatic heterocycles. The number of nitrogens with one attached hydrogen (secondary N) is 2. The first-order valence-corrected chi connectivity index (χ1v) is 10.8. The molecular formula is C20H27N3O3S. The number of hydrogen-bond acceptors (Lipinski definition) is 3. The molecule has 1 saturated carbocycles. The van der Waals surface area contributed by atoms with Gasteiger partial charge in [-0.1, -0.05) is 31.4 Å². The van der Waals surface area contributed by atoms with Gasteiger partial charge >= 0.3 is 10.2 Å². The van der Waals surface area contributed by atoms with Crippen molar-refractivity contribution in [3.8, 4) is 0 Å². The second-order valence-electron chi connectivity index (χ2n) is 7.27. The SMILES string of the molecule is C/C=C/c1[nH]c2cc(C(=O)NS(=O)(=O)N(C)C)ccc2c1C1CCCCC1. The van der Waals surface area contributed by atoms with E-state index in [9.17, 15) is 13.2 Å². The lowest BCUT2D eigenvalue weighted by Gasteiger charge is -2.22. The summed E-state index contributed by atoms with van der Waals surface area (Å²) in [6.07, 6.45) is 10.2. The van der Waals surface area contributed by atoms with Crippen molar-refractivity contribution in [2.75, 3.05) is 14.1 Å². The first kappa shape index (κ1) is 19.6. The van der Waals surface area contributed by atoms with E-state index in [4.69, 9.17) is 0 Å². The van der Waals surface area contributed by atoms with Crippen molar-refractivity contribution in [3.05, 3.63) is 41.1 Å². The van der Waals surface area contributed by atoms with Crippen LogP contribution in [0.4, 0.5) is 0 Å². The highest BCUT2D eigenvalue weighted by Crippen LogP contribution is 2.39.